The normalized spacial score (nSPS) is 27.2. The fourth-order valence-electron chi connectivity index (χ4n) is 2.44. The lowest BCUT2D eigenvalue weighted by molar-refractivity contribution is -0.449. The maximum atomic E-state index is 12.5. The number of carbonyl (C=O) groups excluding carboxylic acids is 2. The van der Waals surface area contributed by atoms with Crippen LogP contribution in [0.15, 0.2) is 5.38 Å². The van der Waals surface area contributed by atoms with Crippen LogP contribution in [0.2, 0.25) is 0 Å². The fraction of sp³-hybridized carbons (Fsp3) is 0.500. The quantitative estimate of drug-likeness (QED) is 0.826. The second-order valence-electron chi connectivity index (χ2n) is 4.83. The lowest BCUT2D eigenvalue weighted by Gasteiger charge is -2.42. The van der Waals surface area contributed by atoms with Crippen molar-refractivity contribution in [2.75, 3.05) is 18.9 Å². The molecule has 2 amide bonds. The van der Waals surface area contributed by atoms with Crippen LogP contribution in [0.3, 0.4) is 0 Å². The molecule has 0 unspecified atom stereocenters. The Labute approximate surface area is 119 Å². The number of fused-ring (bicyclic) bond motifs is 1. The number of amides is 2. The predicted octanol–water partition coefficient (Wildman–Crippen LogP) is 1.23. The van der Waals surface area contributed by atoms with Crippen LogP contribution < -0.4 is 5.73 Å². The molecule has 108 valence electrons. The van der Waals surface area contributed by atoms with Gasteiger partial charge in [0, 0.05) is 18.3 Å². The Morgan fingerprint density at radius 1 is 1.45 bits per heavy atom. The Morgan fingerprint density at radius 2 is 2.20 bits per heavy atom. The second-order valence-corrected chi connectivity index (χ2v) is 5.74. The van der Waals surface area contributed by atoms with E-state index in [0.29, 0.717) is 35.7 Å². The number of imide groups is 1. The fourth-order valence-corrected chi connectivity index (χ4v) is 3.22. The summed E-state index contributed by atoms with van der Waals surface area (Å²) in [5, 5.41) is 3.27. The van der Waals surface area contributed by atoms with Gasteiger partial charge in [-0.2, -0.15) is 0 Å². The summed E-state index contributed by atoms with van der Waals surface area (Å²) >= 11 is 1.20. The van der Waals surface area contributed by atoms with Crippen molar-refractivity contribution in [1.29, 1.82) is 0 Å². The first-order chi connectivity index (χ1) is 9.48. The van der Waals surface area contributed by atoms with E-state index < -0.39 is 11.6 Å². The number of carbonyl (C=O) groups is 2. The summed E-state index contributed by atoms with van der Waals surface area (Å²) in [4.78, 5) is 37.0. The minimum absolute atomic E-state index is 0.291. The van der Waals surface area contributed by atoms with Crippen LogP contribution in [-0.4, -0.2) is 40.8 Å². The number of hydrogen-bond donors (Lipinski definition) is 1. The Hall–Kier alpha value is -1.48. The Balaban J connectivity index is 1.96. The summed E-state index contributed by atoms with van der Waals surface area (Å²) in [7, 11) is 0. The van der Waals surface area contributed by atoms with Crippen LogP contribution in [0.25, 0.3) is 0 Å². The summed E-state index contributed by atoms with van der Waals surface area (Å²) in [6.07, 6.45) is 0.411. The van der Waals surface area contributed by atoms with Gasteiger partial charge in [-0.25, -0.2) is 9.74 Å². The molecule has 2 aliphatic rings. The first kappa shape index (κ1) is 13.5. The first-order valence-corrected chi connectivity index (χ1v) is 7.21. The van der Waals surface area contributed by atoms with E-state index in [1.54, 1.807) is 12.3 Å². The molecule has 8 heteroatoms. The molecule has 0 aromatic carbocycles. The van der Waals surface area contributed by atoms with Crippen molar-refractivity contribution in [2.45, 2.75) is 26.0 Å². The van der Waals surface area contributed by atoms with Gasteiger partial charge >= 0.3 is 0 Å². The molecule has 2 aliphatic heterocycles. The van der Waals surface area contributed by atoms with E-state index in [4.69, 9.17) is 15.4 Å². The smallest absolute Gasteiger partial charge is 0.266 e. The maximum absolute atomic E-state index is 12.5. The molecule has 1 aromatic heterocycles. The number of anilines is 1. The molecular weight excluding hydrogens is 282 g/mol. The Morgan fingerprint density at radius 3 is 2.85 bits per heavy atom. The number of nitrogen functional groups attached to an aromatic ring is 1. The summed E-state index contributed by atoms with van der Waals surface area (Å²) in [5.41, 5.74) is 5.38. The second kappa shape index (κ2) is 4.52. The molecule has 0 bridgehead atoms. The van der Waals surface area contributed by atoms with Crippen molar-refractivity contribution < 1.29 is 19.3 Å². The standard InChI is InChI=1S/C12H15N3O4S/c1-3-14-18-5-4-12(2,19-14)15-10(16)7-6-20-9(13)8(7)11(15)17/h6H,3-5,13H2,1-2H3/t12-/m0/s1. The van der Waals surface area contributed by atoms with Crippen molar-refractivity contribution >= 4 is 28.2 Å². The topological polar surface area (TPSA) is 85.1 Å². The molecule has 2 N–H and O–H groups in total. The molecule has 1 atom stereocenters. The van der Waals surface area contributed by atoms with Gasteiger partial charge in [0.25, 0.3) is 11.8 Å². The number of nitrogens with two attached hydrogens (primary N) is 1. The number of hydrogen-bond acceptors (Lipinski definition) is 7. The van der Waals surface area contributed by atoms with Gasteiger partial charge in [0.05, 0.1) is 22.7 Å². The largest absolute Gasteiger partial charge is 0.390 e. The van der Waals surface area contributed by atoms with Crippen LogP contribution in [-0.2, 0) is 9.68 Å². The van der Waals surface area contributed by atoms with Gasteiger partial charge in [-0.15, -0.1) is 11.3 Å². The van der Waals surface area contributed by atoms with Gasteiger partial charge < -0.3 is 5.73 Å². The van der Waals surface area contributed by atoms with E-state index >= 15 is 0 Å². The highest BCUT2D eigenvalue weighted by Gasteiger charge is 2.51. The van der Waals surface area contributed by atoms with Crippen LogP contribution in [0.1, 0.15) is 41.0 Å². The number of rotatable bonds is 2. The molecule has 7 nitrogen and oxygen atoms in total. The predicted molar refractivity (Wildman–Crippen MR) is 71.7 cm³/mol. The Bertz CT molecular complexity index is 587. The number of nitrogens with zero attached hydrogens (tertiary/aromatic N) is 2. The zero-order chi connectivity index (χ0) is 14.5. The van der Waals surface area contributed by atoms with Gasteiger partial charge in [-0.1, -0.05) is 5.23 Å². The molecule has 3 rings (SSSR count). The van der Waals surface area contributed by atoms with Gasteiger partial charge in [-0.05, 0) is 13.8 Å². The van der Waals surface area contributed by atoms with Gasteiger partial charge in [-0.3, -0.25) is 14.4 Å². The van der Waals surface area contributed by atoms with E-state index in [1.165, 1.54) is 16.6 Å². The summed E-state index contributed by atoms with van der Waals surface area (Å²) in [6, 6.07) is 0. The van der Waals surface area contributed by atoms with Gasteiger partial charge in [0.15, 0.2) is 5.72 Å². The van der Waals surface area contributed by atoms with Crippen molar-refractivity contribution in [3.63, 3.8) is 0 Å². The average Bonchev–Trinajstić information content (AvgIpc) is 2.91. The lowest BCUT2D eigenvalue weighted by Crippen LogP contribution is -2.57. The number of thiophene rings is 1. The molecule has 0 saturated carbocycles. The van der Waals surface area contributed by atoms with E-state index in [2.05, 4.69) is 0 Å². The van der Waals surface area contributed by atoms with E-state index in [0.717, 1.165) is 4.90 Å². The zero-order valence-electron chi connectivity index (χ0n) is 11.2. The molecule has 0 radical (unpaired) electrons. The van der Waals surface area contributed by atoms with E-state index in [9.17, 15) is 9.59 Å². The minimum atomic E-state index is -1.05. The highest BCUT2D eigenvalue weighted by Crippen LogP contribution is 2.39. The molecule has 0 aliphatic carbocycles. The zero-order valence-corrected chi connectivity index (χ0v) is 12.0. The molecule has 1 fully saturated rings. The molecule has 1 saturated heterocycles. The molecule has 20 heavy (non-hydrogen) atoms. The van der Waals surface area contributed by atoms with E-state index in [-0.39, 0.29) is 5.91 Å². The highest BCUT2D eigenvalue weighted by molar-refractivity contribution is 7.14. The molecule has 1 aromatic rings. The Kier molecular flexibility index (Phi) is 3.05. The van der Waals surface area contributed by atoms with Crippen LogP contribution in [0, 0.1) is 0 Å². The molecule has 3 heterocycles. The third-order valence-electron chi connectivity index (χ3n) is 3.50. The van der Waals surface area contributed by atoms with Crippen molar-refractivity contribution in [3.05, 3.63) is 16.5 Å². The van der Waals surface area contributed by atoms with Gasteiger partial charge in [0.2, 0.25) is 0 Å². The van der Waals surface area contributed by atoms with Crippen LogP contribution in [0.5, 0.6) is 0 Å². The van der Waals surface area contributed by atoms with Crippen LogP contribution >= 0.6 is 11.3 Å². The summed E-state index contributed by atoms with van der Waals surface area (Å²) in [6.45, 7) is 4.44. The third-order valence-corrected chi connectivity index (χ3v) is 4.31. The summed E-state index contributed by atoms with van der Waals surface area (Å²) < 4.78 is 0. The molecular formula is C12H15N3O4S. The minimum Gasteiger partial charge on any atom is -0.390 e. The van der Waals surface area contributed by atoms with Gasteiger partial charge in [0.1, 0.15) is 0 Å². The first-order valence-electron chi connectivity index (χ1n) is 6.33. The summed E-state index contributed by atoms with van der Waals surface area (Å²) in [5.74, 6) is -0.761. The monoisotopic (exact) mass is 297 g/mol. The third kappa shape index (κ3) is 1.76. The average molecular weight is 297 g/mol. The van der Waals surface area contributed by atoms with Crippen molar-refractivity contribution in [3.8, 4) is 0 Å². The van der Waals surface area contributed by atoms with E-state index in [1.807, 2.05) is 6.92 Å². The lowest BCUT2D eigenvalue weighted by atomic mass is 10.1. The number of hydroxylamine groups is 2. The SMILES string of the molecule is CCN1OCC[C@@](C)(N2C(=O)c3csc(N)c3C2=O)O1. The van der Waals surface area contributed by atoms with Crippen molar-refractivity contribution in [2.24, 2.45) is 0 Å². The van der Waals surface area contributed by atoms with Crippen LogP contribution in [0.4, 0.5) is 5.00 Å². The molecule has 0 spiro atoms. The highest BCUT2D eigenvalue weighted by atomic mass is 32.1. The maximum Gasteiger partial charge on any atom is 0.266 e. The van der Waals surface area contributed by atoms with Crippen molar-refractivity contribution in [1.82, 2.24) is 10.1 Å².